The molecular weight excluding hydrogens is 276 g/mol. The molecule has 0 aliphatic rings. The number of pyridine rings is 1. The molecule has 3 rings (SSSR count). The molecule has 112 valence electrons. The van der Waals surface area contributed by atoms with Gasteiger partial charge in [0.1, 0.15) is 0 Å². The van der Waals surface area contributed by atoms with Crippen LogP contribution in [0.1, 0.15) is 11.1 Å². The number of aromatic hydroxyl groups is 2. The predicted molar refractivity (Wildman–Crippen MR) is 86.7 cm³/mol. The van der Waals surface area contributed by atoms with E-state index in [0.29, 0.717) is 6.54 Å². The highest BCUT2D eigenvalue weighted by molar-refractivity contribution is 5.78. The maximum Gasteiger partial charge on any atom is 0.157 e. The van der Waals surface area contributed by atoms with Gasteiger partial charge in [-0.3, -0.25) is 9.88 Å². The summed E-state index contributed by atoms with van der Waals surface area (Å²) >= 11 is 0. The first-order valence-corrected chi connectivity index (χ1v) is 7.15. The summed E-state index contributed by atoms with van der Waals surface area (Å²) in [6, 6.07) is 15.1. The molecule has 0 aliphatic heterocycles. The fraction of sp³-hybridized carbons (Fsp3) is 0.167. The van der Waals surface area contributed by atoms with Crippen molar-refractivity contribution in [2.45, 2.75) is 13.1 Å². The maximum absolute atomic E-state index is 9.54. The zero-order chi connectivity index (χ0) is 15.5. The predicted octanol–water partition coefficient (Wildman–Crippen LogP) is 3.28. The summed E-state index contributed by atoms with van der Waals surface area (Å²) in [6.07, 6.45) is 1.90. The van der Waals surface area contributed by atoms with Crippen LogP contribution in [0.25, 0.3) is 10.9 Å². The lowest BCUT2D eigenvalue weighted by Crippen LogP contribution is -2.17. The average molecular weight is 294 g/mol. The highest BCUT2D eigenvalue weighted by atomic mass is 16.3. The van der Waals surface area contributed by atoms with Crippen molar-refractivity contribution in [3.8, 4) is 11.5 Å². The van der Waals surface area contributed by atoms with Crippen LogP contribution in [0.3, 0.4) is 0 Å². The Bertz CT molecular complexity index is 802. The van der Waals surface area contributed by atoms with Crippen LogP contribution in [-0.4, -0.2) is 27.1 Å². The maximum atomic E-state index is 9.54. The van der Waals surface area contributed by atoms with E-state index in [1.54, 1.807) is 6.07 Å². The lowest BCUT2D eigenvalue weighted by Gasteiger charge is -2.17. The van der Waals surface area contributed by atoms with E-state index in [4.69, 9.17) is 0 Å². The van der Waals surface area contributed by atoms with Gasteiger partial charge < -0.3 is 10.2 Å². The third kappa shape index (κ3) is 3.18. The number of nitrogens with zero attached hydrogens (tertiary/aromatic N) is 2. The van der Waals surface area contributed by atoms with E-state index in [9.17, 15) is 10.2 Å². The van der Waals surface area contributed by atoms with Crippen LogP contribution in [0.15, 0.2) is 54.7 Å². The Labute approximate surface area is 129 Å². The number of para-hydroxylation sites is 1. The second-order valence-electron chi connectivity index (χ2n) is 5.53. The molecule has 0 spiro atoms. The van der Waals surface area contributed by atoms with Crippen LogP contribution >= 0.6 is 0 Å². The van der Waals surface area contributed by atoms with Gasteiger partial charge in [0.2, 0.25) is 0 Å². The summed E-state index contributed by atoms with van der Waals surface area (Å²) < 4.78 is 0. The fourth-order valence-electron chi connectivity index (χ4n) is 2.55. The molecule has 0 saturated heterocycles. The highest BCUT2D eigenvalue weighted by Gasteiger charge is 2.06. The number of hydrogen-bond donors (Lipinski definition) is 2. The molecule has 4 heteroatoms. The third-order valence-corrected chi connectivity index (χ3v) is 3.59. The molecule has 2 N–H and O–H groups in total. The number of hydrogen-bond acceptors (Lipinski definition) is 4. The van der Waals surface area contributed by atoms with Gasteiger partial charge in [-0.15, -0.1) is 0 Å². The Balaban J connectivity index is 1.72. The first-order valence-electron chi connectivity index (χ1n) is 7.15. The fourth-order valence-corrected chi connectivity index (χ4v) is 2.55. The van der Waals surface area contributed by atoms with Crippen molar-refractivity contribution in [2.24, 2.45) is 0 Å². The van der Waals surface area contributed by atoms with E-state index in [0.717, 1.165) is 28.6 Å². The van der Waals surface area contributed by atoms with E-state index in [1.165, 1.54) is 6.07 Å². The highest BCUT2D eigenvalue weighted by Crippen LogP contribution is 2.25. The van der Waals surface area contributed by atoms with Gasteiger partial charge >= 0.3 is 0 Å². The van der Waals surface area contributed by atoms with Gasteiger partial charge in [0.25, 0.3) is 0 Å². The topological polar surface area (TPSA) is 56.6 Å². The van der Waals surface area contributed by atoms with Crippen LogP contribution in [0.2, 0.25) is 0 Å². The van der Waals surface area contributed by atoms with Crippen molar-refractivity contribution in [1.29, 1.82) is 0 Å². The number of fused-ring (bicyclic) bond motifs is 1. The van der Waals surface area contributed by atoms with Crippen molar-refractivity contribution in [3.63, 3.8) is 0 Å². The van der Waals surface area contributed by atoms with Crippen molar-refractivity contribution in [2.75, 3.05) is 7.05 Å². The summed E-state index contributed by atoms with van der Waals surface area (Å²) in [5.41, 5.74) is 3.09. The van der Waals surface area contributed by atoms with Gasteiger partial charge in [0.05, 0.1) is 5.52 Å². The van der Waals surface area contributed by atoms with Crippen LogP contribution in [0.4, 0.5) is 0 Å². The Hall–Kier alpha value is -2.59. The number of benzene rings is 2. The van der Waals surface area contributed by atoms with Crippen molar-refractivity contribution in [3.05, 3.63) is 65.9 Å². The molecule has 2 aromatic carbocycles. The van der Waals surface area contributed by atoms with Crippen LogP contribution in [0.5, 0.6) is 11.5 Å². The molecule has 1 heterocycles. The Morgan fingerprint density at radius 3 is 2.50 bits per heavy atom. The molecule has 0 radical (unpaired) electrons. The first kappa shape index (κ1) is 14.4. The molecule has 0 fully saturated rings. The SMILES string of the molecule is CN(Cc1ccc(O)c(O)c1)Cc1cnc2ccccc2c1. The van der Waals surface area contributed by atoms with Crippen molar-refractivity contribution in [1.82, 2.24) is 9.88 Å². The molecule has 3 aromatic rings. The molecule has 0 aliphatic carbocycles. The minimum atomic E-state index is -0.0925. The Morgan fingerprint density at radius 2 is 1.68 bits per heavy atom. The molecule has 0 unspecified atom stereocenters. The zero-order valence-electron chi connectivity index (χ0n) is 12.4. The molecule has 1 aromatic heterocycles. The monoisotopic (exact) mass is 294 g/mol. The van der Waals surface area contributed by atoms with Crippen LogP contribution in [0, 0.1) is 0 Å². The minimum Gasteiger partial charge on any atom is -0.504 e. The third-order valence-electron chi connectivity index (χ3n) is 3.59. The van der Waals surface area contributed by atoms with Crippen LogP contribution in [-0.2, 0) is 13.1 Å². The summed E-state index contributed by atoms with van der Waals surface area (Å²) in [6.45, 7) is 1.44. The van der Waals surface area contributed by atoms with Gasteiger partial charge in [-0.05, 0) is 42.4 Å². The van der Waals surface area contributed by atoms with Gasteiger partial charge in [-0.25, -0.2) is 0 Å². The van der Waals surface area contributed by atoms with E-state index in [1.807, 2.05) is 37.5 Å². The standard InChI is InChI=1S/C18H18N2O2/c1-20(11-13-6-7-17(21)18(22)9-13)12-14-8-15-4-2-3-5-16(15)19-10-14/h2-10,21-22H,11-12H2,1H3. The molecule has 0 amide bonds. The summed E-state index contributed by atoms with van der Waals surface area (Å²) in [5.74, 6) is -0.177. The summed E-state index contributed by atoms with van der Waals surface area (Å²) in [7, 11) is 2.01. The van der Waals surface area contributed by atoms with Crippen LogP contribution < -0.4 is 0 Å². The number of aromatic nitrogens is 1. The Morgan fingerprint density at radius 1 is 0.909 bits per heavy atom. The second-order valence-corrected chi connectivity index (χ2v) is 5.53. The molecule has 4 nitrogen and oxygen atoms in total. The minimum absolute atomic E-state index is 0.0849. The molecule has 0 saturated carbocycles. The molecule has 0 bridgehead atoms. The number of rotatable bonds is 4. The number of phenols is 2. The number of phenolic OH excluding ortho intramolecular Hbond substituents is 2. The smallest absolute Gasteiger partial charge is 0.157 e. The van der Waals surface area contributed by atoms with E-state index >= 15 is 0 Å². The first-order chi connectivity index (χ1) is 10.6. The Kier molecular flexibility index (Phi) is 3.94. The van der Waals surface area contributed by atoms with E-state index in [2.05, 4.69) is 22.0 Å². The van der Waals surface area contributed by atoms with Crippen molar-refractivity contribution < 1.29 is 10.2 Å². The quantitative estimate of drug-likeness (QED) is 0.725. The average Bonchev–Trinajstić information content (AvgIpc) is 2.51. The van der Waals surface area contributed by atoms with Gasteiger partial charge in [0.15, 0.2) is 11.5 Å². The van der Waals surface area contributed by atoms with Gasteiger partial charge in [0, 0.05) is 24.7 Å². The zero-order valence-corrected chi connectivity index (χ0v) is 12.4. The van der Waals surface area contributed by atoms with Crippen molar-refractivity contribution >= 4 is 10.9 Å². The summed E-state index contributed by atoms with van der Waals surface area (Å²) in [5, 5.41) is 20.0. The molecule has 0 atom stereocenters. The van der Waals surface area contributed by atoms with E-state index in [-0.39, 0.29) is 11.5 Å². The second kappa shape index (κ2) is 6.03. The van der Waals surface area contributed by atoms with Gasteiger partial charge in [-0.1, -0.05) is 24.3 Å². The lowest BCUT2D eigenvalue weighted by atomic mass is 10.1. The molecular formula is C18H18N2O2. The normalized spacial score (nSPS) is 11.2. The van der Waals surface area contributed by atoms with Gasteiger partial charge in [-0.2, -0.15) is 0 Å². The lowest BCUT2D eigenvalue weighted by molar-refractivity contribution is 0.317. The largest absolute Gasteiger partial charge is 0.504 e. The van der Waals surface area contributed by atoms with E-state index < -0.39 is 0 Å². The molecule has 22 heavy (non-hydrogen) atoms. The summed E-state index contributed by atoms with van der Waals surface area (Å²) in [4.78, 5) is 6.60.